The number of amides is 1. The third-order valence-electron chi connectivity index (χ3n) is 4.64. The van der Waals surface area contributed by atoms with Crippen molar-refractivity contribution < 1.29 is 9.53 Å². The van der Waals surface area contributed by atoms with Crippen LogP contribution in [0.2, 0.25) is 5.02 Å². The van der Waals surface area contributed by atoms with Gasteiger partial charge in [-0.1, -0.05) is 18.5 Å². The average molecular weight is 375 g/mol. The summed E-state index contributed by atoms with van der Waals surface area (Å²) in [7, 11) is 1.55. The van der Waals surface area contributed by atoms with E-state index in [1.54, 1.807) is 37.6 Å². The molecule has 1 fully saturated rings. The predicted molar refractivity (Wildman–Crippen MR) is 103 cm³/mol. The van der Waals surface area contributed by atoms with Crippen molar-refractivity contribution in [2.24, 2.45) is 0 Å². The van der Waals surface area contributed by atoms with Gasteiger partial charge in [-0.05, 0) is 49.9 Å². The van der Waals surface area contributed by atoms with E-state index in [-0.39, 0.29) is 5.91 Å². The number of anilines is 2. The van der Waals surface area contributed by atoms with Crippen LogP contribution < -0.4 is 15.0 Å². The van der Waals surface area contributed by atoms with Crippen LogP contribution in [0.4, 0.5) is 11.6 Å². The summed E-state index contributed by atoms with van der Waals surface area (Å²) in [5, 5.41) is 3.26. The van der Waals surface area contributed by atoms with E-state index < -0.39 is 0 Å². The molecular formula is C19H23ClN4O2. The van der Waals surface area contributed by atoms with Gasteiger partial charge in [-0.2, -0.15) is 0 Å². The number of nitrogens with zero attached hydrogens (tertiary/aromatic N) is 3. The Morgan fingerprint density at radius 2 is 2.23 bits per heavy atom. The van der Waals surface area contributed by atoms with E-state index in [0.29, 0.717) is 34.1 Å². The Morgan fingerprint density at radius 1 is 1.38 bits per heavy atom. The fourth-order valence-corrected chi connectivity index (χ4v) is 3.50. The van der Waals surface area contributed by atoms with E-state index in [4.69, 9.17) is 16.3 Å². The van der Waals surface area contributed by atoms with E-state index in [1.807, 2.05) is 0 Å². The Bertz CT molecular complexity index is 784. The Kier molecular flexibility index (Phi) is 5.93. The van der Waals surface area contributed by atoms with Gasteiger partial charge < -0.3 is 15.0 Å². The summed E-state index contributed by atoms with van der Waals surface area (Å²) < 4.78 is 5.12. The van der Waals surface area contributed by atoms with Crippen molar-refractivity contribution in [2.75, 3.05) is 23.9 Å². The Labute approximate surface area is 158 Å². The highest BCUT2D eigenvalue weighted by Gasteiger charge is 2.23. The van der Waals surface area contributed by atoms with Crippen molar-refractivity contribution in [3.63, 3.8) is 0 Å². The minimum absolute atomic E-state index is 0.292. The molecule has 1 amide bonds. The molecule has 0 aliphatic carbocycles. The highest BCUT2D eigenvalue weighted by Crippen LogP contribution is 2.27. The van der Waals surface area contributed by atoms with Crippen molar-refractivity contribution in [3.8, 4) is 5.75 Å². The monoisotopic (exact) mass is 374 g/mol. The first kappa shape index (κ1) is 18.5. The molecule has 138 valence electrons. The fraction of sp³-hybridized carbons (Fsp3) is 0.421. The van der Waals surface area contributed by atoms with Crippen LogP contribution in [0.1, 0.15) is 43.1 Å². The Morgan fingerprint density at radius 3 is 2.96 bits per heavy atom. The second kappa shape index (κ2) is 8.36. The SMILES string of the molecule is CCC1CCCCN1c1nccc(C(=O)Nc2ccc(OC)c(Cl)c2)n1. The molecule has 2 aromatic rings. The molecule has 0 bridgehead atoms. The molecule has 1 atom stereocenters. The van der Waals surface area contributed by atoms with Crippen LogP contribution in [0.3, 0.4) is 0 Å². The number of benzene rings is 1. The number of nitrogens with one attached hydrogen (secondary N) is 1. The number of carbonyl (C=O) groups excluding carboxylic acids is 1. The average Bonchev–Trinajstić information content (AvgIpc) is 2.68. The molecule has 0 saturated carbocycles. The van der Waals surface area contributed by atoms with Crippen LogP contribution >= 0.6 is 11.6 Å². The summed E-state index contributed by atoms with van der Waals surface area (Å²) in [6.07, 6.45) is 6.18. The third kappa shape index (κ3) is 4.07. The lowest BCUT2D eigenvalue weighted by molar-refractivity contribution is 0.102. The van der Waals surface area contributed by atoms with E-state index in [2.05, 4.69) is 27.1 Å². The lowest BCUT2D eigenvalue weighted by Gasteiger charge is -2.35. The molecule has 1 unspecified atom stereocenters. The minimum Gasteiger partial charge on any atom is -0.495 e. The topological polar surface area (TPSA) is 67.4 Å². The maximum atomic E-state index is 12.6. The van der Waals surface area contributed by atoms with Crippen molar-refractivity contribution in [3.05, 3.63) is 41.2 Å². The second-order valence-electron chi connectivity index (χ2n) is 6.30. The van der Waals surface area contributed by atoms with Crippen LogP contribution in [0.25, 0.3) is 0 Å². The van der Waals surface area contributed by atoms with Crippen LogP contribution in [-0.2, 0) is 0 Å². The van der Waals surface area contributed by atoms with Crippen molar-refractivity contribution in [2.45, 2.75) is 38.6 Å². The first-order chi connectivity index (χ1) is 12.6. The van der Waals surface area contributed by atoms with Crippen LogP contribution in [0.5, 0.6) is 5.75 Å². The second-order valence-corrected chi connectivity index (χ2v) is 6.70. The lowest BCUT2D eigenvalue weighted by atomic mass is 10.0. The zero-order valence-corrected chi connectivity index (χ0v) is 15.8. The Balaban J connectivity index is 1.77. The first-order valence-corrected chi connectivity index (χ1v) is 9.24. The smallest absolute Gasteiger partial charge is 0.274 e. The van der Waals surface area contributed by atoms with Gasteiger partial charge in [0.2, 0.25) is 5.95 Å². The summed E-state index contributed by atoms with van der Waals surface area (Å²) in [4.78, 5) is 23.7. The van der Waals surface area contributed by atoms with Gasteiger partial charge in [-0.3, -0.25) is 4.79 Å². The normalized spacial score (nSPS) is 17.0. The summed E-state index contributed by atoms with van der Waals surface area (Å²) in [5.74, 6) is 0.890. The number of aromatic nitrogens is 2. The molecule has 3 rings (SSSR count). The number of halogens is 1. The van der Waals surface area contributed by atoms with Gasteiger partial charge in [0.15, 0.2) is 0 Å². The molecule has 0 spiro atoms. The molecule has 1 aromatic heterocycles. The van der Waals surface area contributed by atoms with Crippen molar-refractivity contribution >= 4 is 29.1 Å². The quantitative estimate of drug-likeness (QED) is 0.851. The molecule has 1 N–H and O–H groups in total. The fourth-order valence-electron chi connectivity index (χ4n) is 3.24. The number of methoxy groups -OCH3 is 1. The van der Waals surface area contributed by atoms with Gasteiger partial charge in [0.05, 0.1) is 12.1 Å². The van der Waals surface area contributed by atoms with Gasteiger partial charge in [0.25, 0.3) is 5.91 Å². The van der Waals surface area contributed by atoms with Gasteiger partial charge in [-0.25, -0.2) is 9.97 Å². The molecule has 7 heteroatoms. The van der Waals surface area contributed by atoms with Crippen molar-refractivity contribution in [1.29, 1.82) is 0 Å². The number of ether oxygens (including phenoxy) is 1. The molecular weight excluding hydrogens is 352 g/mol. The zero-order valence-electron chi connectivity index (χ0n) is 15.0. The standard InChI is InChI=1S/C19H23ClN4O2/c1-3-14-6-4-5-11-24(14)19-21-10-9-16(23-19)18(25)22-13-7-8-17(26-2)15(20)12-13/h7-10,12,14H,3-6,11H2,1-2H3,(H,22,25). The highest BCUT2D eigenvalue weighted by molar-refractivity contribution is 6.32. The van der Waals surface area contributed by atoms with Gasteiger partial charge in [0.1, 0.15) is 11.4 Å². The van der Waals surface area contributed by atoms with E-state index >= 15 is 0 Å². The first-order valence-electron chi connectivity index (χ1n) is 8.87. The molecule has 0 radical (unpaired) electrons. The van der Waals surface area contributed by atoms with Crippen LogP contribution in [0, 0.1) is 0 Å². The lowest BCUT2D eigenvalue weighted by Crippen LogP contribution is -2.40. The molecule has 1 saturated heterocycles. The maximum Gasteiger partial charge on any atom is 0.274 e. The van der Waals surface area contributed by atoms with E-state index in [9.17, 15) is 4.79 Å². The molecule has 1 aliphatic rings. The van der Waals surface area contributed by atoms with Gasteiger partial charge in [0, 0.05) is 24.5 Å². The number of carbonyl (C=O) groups is 1. The molecule has 6 nitrogen and oxygen atoms in total. The zero-order chi connectivity index (χ0) is 18.5. The largest absolute Gasteiger partial charge is 0.495 e. The molecule has 1 aliphatic heterocycles. The summed E-state index contributed by atoms with van der Waals surface area (Å²) >= 11 is 6.11. The number of hydrogen-bond acceptors (Lipinski definition) is 5. The van der Waals surface area contributed by atoms with Crippen LogP contribution in [0.15, 0.2) is 30.5 Å². The number of hydrogen-bond donors (Lipinski definition) is 1. The van der Waals surface area contributed by atoms with Crippen LogP contribution in [-0.4, -0.2) is 35.6 Å². The van der Waals surface area contributed by atoms with Gasteiger partial charge in [-0.15, -0.1) is 0 Å². The number of rotatable bonds is 5. The summed E-state index contributed by atoms with van der Waals surface area (Å²) in [5.41, 5.74) is 0.924. The Hall–Kier alpha value is -2.34. The molecule has 26 heavy (non-hydrogen) atoms. The molecule has 1 aromatic carbocycles. The highest BCUT2D eigenvalue weighted by atomic mass is 35.5. The number of piperidine rings is 1. The predicted octanol–water partition coefficient (Wildman–Crippen LogP) is 4.16. The maximum absolute atomic E-state index is 12.6. The molecule has 2 heterocycles. The van der Waals surface area contributed by atoms with Crippen molar-refractivity contribution in [1.82, 2.24) is 9.97 Å². The summed E-state index contributed by atoms with van der Waals surface area (Å²) in [6, 6.07) is 7.15. The summed E-state index contributed by atoms with van der Waals surface area (Å²) in [6.45, 7) is 3.10. The van der Waals surface area contributed by atoms with E-state index in [0.717, 1.165) is 25.8 Å². The van der Waals surface area contributed by atoms with Gasteiger partial charge >= 0.3 is 0 Å². The third-order valence-corrected chi connectivity index (χ3v) is 4.94. The van der Waals surface area contributed by atoms with E-state index in [1.165, 1.54) is 6.42 Å². The minimum atomic E-state index is -0.292.